The van der Waals surface area contributed by atoms with Crippen LogP contribution in [-0.2, 0) is 10.0 Å². The number of aryl methyl sites for hydroxylation is 1. The lowest BCUT2D eigenvalue weighted by Crippen LogP contribution is -2.30. The van der Waals surface area contributed by atoms with Gasteiger partial charge in [-0.1, -0.05) is 13.8 Å². The van der Waals surface area contributed by atoms with Gasteiger partial charge in [-0.3, -0.25) is 4.79 Å². The van der Waals surface area contributed by atoms with Gasteiger partial charge in [0.25, 0.3) is 5.91 Å². The van der Waals surface area contributed by atoms with Crippen molar-refractivity contribution in [2.24, 2.45) is 0 Å². The molecule has 0 saturated heterocycles. The molecule has 8 heteroatoms. The first-order valence-corrected chi connectivity index (χ1v) is 10.1. The Balaban J connectivity index is 2.22. The summed E-state index contributed by atoms with van der Waals surface area (Å²) < 4.78 is 28.1. The lowest BCUT2D eigenvalue weighted by molar-refractivity contribution is 0.102. The molecule has 0 atom stereocenters. The number of hydrogen-bond acceptors (Lipinski definition) is 4. The summed E-state index contributed by atoms with van der Waals surface area (Å²) >= 11 is 0. The average Bonchev–Trinajstić information content (AvgIpc) is 2.96. The zero-order valence-corrected chi connectivity index (χ0v) is 16.7. The Morgan fingerprint density at radius 2 is 1.77 bits per heavy atom. The van der Waals surface area contributed by atoms with Crippen molar-refractivity contribution in [1.82, 2.24) is 14.1 Å². The molecule has 0 aliphatic heterocycles. The van der Waals surface area contributed by atoms with E-state index in [-0.39, 0.29) is 16.8 Å². The Morgan fingerprint density at radius 3 is 2.27 bits per heavy atom. The summed E-state index contributed by atoms with van der Waals surface area (Å²) in [6, 6.07) is 7.89. The smallest absolute Gasteiger partial charge is 0.256 e. The van der Waals surface area contributed by atoms with Gasteiger partial charge in [0.2, 0.25) is 10.0 Å². The van der Waals surface area contributed by atoms with Gasteiger partial charge < -0.3 is 5.32 Å². The van der Waals surface area contributed by atoms with Crippen molar-refractivity contribution in [3.63, 3.8) is 0 Å². The molecule has 0 fully saturated rings. The summed E-state index contributed by atoms with van der Waals surface area (Å²) in [6.45, 7) is 10.2. The van der Waals surface area contributed by atoms with Crippen molar-refractivity contribution in [2.75, 3.05) is 18.4 Å². The van der Waals surface area contributed by atoms with Crippen molar-refractivity contribution < 1.29 is 13.2 Å². The number of rotatable bonds is 7. The molecule has 26 heavy (non-hydrogen) atoms. The number of sulfonamides is 1. The number of nitrogens with zero attached hydrogens (tertiary/aromatic N) is 3. The fourth-order valence-electron chi connectivity index (χ4n) is 2.68. The third-order valence-electron chi connectivity index (χ3n) is 4.05. The predicted molar refractivity (Wildman–Crippen MR) is 102 cm³/mol. The molecule has 0 unspecified atom stereocenters. The molecule has 1 aromatic carbocycles. The first-order chi connectivity index (χ1) is 12.2. The molecule has 1 N–H and O–H groups in total. The van der Waals surface area contributed by atoms with Gasteiger partial charge >= 0.3 is 0 Å². The number of nitrogens with one attached hydrogen (secondary N) is 1. The Bertz CT molecular complexity index is 866. The number of carbonyl (C=O) groups excluding carboxylic acids is 1. The second-order valence-electron chi connectivity index (χ2n) is 6.28. The van der Waals surface area contributed by atoms with Crippen molar-refractivity contribution in [3.8, 4) is 0 Å². The monoisotopic (exact) mass is 378 g/mol. The van der Waals surface area contributed by atoms with Gasteiger partial charge in [-0.25, -0.2) is 13.1 Å². The SMILES string of the molecule is CCN(CC)S(=O)(=O)c1ccc(C(=O)Nc2cc(C)nn2C(C)C)cc1. The van der Waals surface area contributed by atoms with E-state index in [2.05, 4.69) is 10.4 Å². The van der Waals surface area contributed by atoms with E-state index < -0.39 is 10.0 Å². The van der Waals surface area contributed by atoms with Crippen molar-refractivity contribution in [2.45, 2.75) is 45.6 Å². The molecule has 7 nitrogen and oxygen atoms in total. The van der Waals surface area contributed by atoms with Crippen LogP contribution in [0.25, 0.3) is 0 Å². The third-order valence-corrected chi connectivity index (χ3v) is 6.11. The van der Waals surface area contributed by atoms with Crippen LogP contribution in [-0.4, -0.2) is 41.5 Å². The summed E-state index contributed by atoms with van der Waals surface area (Å²) in [7, 11) is -3.53. The molecule has 1 heterocycles. The van der Waals surface area contributed by atoms with Crippen LogP contribution in [0.5, 0.6) is 0 Å². The van der Waals surface area contributed by atoms with Crippen LogP contribution in [0.15, 0.2) is 35.2 Å². The fraction of sp³-hybridized carbons (Fsp3) is 0.444. The topological polar surface area (TPSA) is 84.3 Å². The van der Waals surface area contributed by atoms with E-state index in [4.69, 9.17) is 0 Å². The number of aromatic nitrogens is 2. The van der Waals surface area contributed by atoms with Crippen LogP contribution >= 0.6 is 0 Å². The van der Waals surface area contributed by atoms with Gasteiger partial charge in [0.15, 0.2) is 0 Å². The van der Waals surface area contributed by atoms with Crippen molar-refractivity contribution in [3.05, 3.63) is 41.6 Å². The van der Waals surface area contributed by atoms with E-state index in [1.54, 1.807) is 24.6 Å². The average molecular weight is 378 g/mol. The molecule has 0 radical (unpaired) electrons. The maximum absolute atomic E-state index is 12.5. The van der Waals surface area contributed by atoms with Crippen LogP contribution in [0, 0.1) is 6.92 Å². The highest BCUT2D eigenvalue weighted by Gasteiger charge is 2.22. The Kier molecular flexibility index (Phi) is 6.20. The summed E-state index contributed by atoms with van der Waals surface area (Å²) in [5.41, 5.74) is 1.20. The second kappa shape index (κ2) is 8.01. The van der Waals surface area contributed by atoms with Gasteiger partial charge in [0.05, 0.1) is 10.6 Å². The van der Waals surface area contributed by atoms with Crippen LogP contribution in [0.2, 0.25) is 0 Å². The van der Waals surface area contributed by atoms with Crippen LogP contribution in [0.4, 0.5) is 5.82 Å². The fourth-order valence-corrected chi connectivity index (χ4v) is 4.14. The highest BCUT2D eigenvalue weighted by molar-refractivity contribution is 7.89. The van der Waals surface area contributed by atoms with E-state index in [0.717, 1.165) is 5.69 Å². The second-order valence-corrected chi connectivity index (χ2v) is 8.22. The van der Waals surface area contributed by atoms with E-state index in [0.29, 0.717) is 24.5 Å². The lowest BCUT2D eigenvalue weighted by atomic mass is 10.2. The summed E-state index contributed by atoms with van der Waals surface area (Å²) in [5.74, 6) is 0.306. The molecule has 2 aromatic rings. The molecule has 142 valence electrons. The van der Waals surface area contributed by atoms with Crippen LogP contribution in [0.1, 0.15) is 49.8 Å². The minimum atomic E-state index is -3.53. The molecule has 0 aliphatic rings. The van der Waals surface area contributed by atoms with E-state index in [1.807, 2.05) is 20.8 Å². The quantitative estimate of drug-likeness (QED) is 0.802. The molecule has 1 aromatic heterocycles. The molecule has 2 rings (SSSR count). The molecule has 0 bridgehead atoms. The number of benzene rings is 1. The minimum absolute atomic E-state index is 0.112. The van der Waals surface area contributed by atoms with Crippen molar-refractivity contribution >= 4 is 21.7 Å². The molecule has 0 aliphatic carbocycles. The largest absolute Gasteiger partial charge is 0.307 e. The summed E-state index contributed by atoms with van der Waals surface area (Å²) in [5, 5.41) is 7.19. The number of amides is 1. The minimum Gasteiger partial charge on any atom is -0.307 e. The maximum atomic E-state index is 12.5. The number of hydrogen-bond donors (Lipinski definition) is 1. The maximum Gasteiger partial charge on any atom is 0.256 e. The highest BCUT2D eigenvalue weighted by atomic mass is 32.2. The zero-order valence-electron chi connectivity index (χ0n) is 15.9. The molecule has 0 spiro atoms. The number of anilines is 1. The normalized spacial score (nSPS) is 12.0. The summed E-state index contributed by atoms with van der Waals surface area (Å²) in [6.07, 6.45) is 0. The molecular weight excluding hydrogens is 352 g/mol. The van der Waals surface area contributed by atoms with E-state index in [1.165, 1.54) is 28.6 Å². The van der Waals surface area contributed by atoms with Gasteiger partial charge in [0.1, 0.15) is 5.82 Å². The van der Waals surface area contributed by atoms with E-state index >= 15 is 0 Å². The van der Waals surface area contributed by atoms with Crippen LogP contribution in [0.3, 0.4) is 0 Å². The zero-order chi connectivity index (χ0) is 19.5. The third kappa shape index (κ3) is 4.13. The van der Waals surface area contributed by atoms with Gasteiger partial charge in [-0.15, -0.1) is 0 Å². The molecule has 1 amide bonds. The van der Waals surface area contributed by atoms with Crippen molar-refractivity contribution in [1.29, 1.82) is 0 Å². The lowest BCUT2D eigenvalue weighted by Gasteiger charge is -2.18. The van der Waals surface area contributed by atoms with E-state index in [9.17, 15) is 13.2 Å². The van der Waals surface area contributed by atoms with Crippen LogP contribution < -0.4 is 5.32 Å². The van der Waals surface area contributed by atoms with Gasteiger partial charge in [-0.05, 0) is 45.0 Å². The molecular formula is C18H26N4O3S. The standard InChI is InChI=1S/C18H26N4O3S/c1-6-21(7-2)26(24,25)16-10-8-15(9-11-16)18(23)19-17-12-14(5)20-22(17)13(3)4/h8-13H,6-7H2,1-5H3,(H,19,23). The first kappa shape index (κ1) is 20.1. The Morgan fingerprint density at radius 1 is 1.19 bits per heavy atom. The Hall–Kier alpha value is -2.19. The summed E-state index contributed by atoms with van der Waals surface area (Å²) in [4.78, 5) is 12.7. The van der Waals surface area contributed by atoms with Gasteiger partial charge in [0, 0.05) is 30.8 Å². The molecule has 0 saturated carbocycles. The predicted octanol–water partition coefficient (Wildman–Crippen LogP) is 3.06. The number of carbonyl (C=O) groups is 1. The highest BCUT2D eigenvalue weighted by Crippen LogP contribution is 2.19. The van der Waals surface area contributed by atoms with Gasteiger partial charge in [-0.2, -0.15) is 9.40 Å². The Labute approximate surface area is 155 Å². The first-order valence-electron chi connectivity index (χ1n) is 8.68.